The zero-order valence-electron chi connectivity index (χ0n) is 13.2. The van der Waals surface area contributed by atoms with E-state index < -0.39 is 29.6 Å². The van der Waals surface area contributed by atoms with Crippen LogP contribution in [0.1, 0.15) is 6.42 Å². The molecule has 0 N–H and O–H groups in total. The van der Waals surface area contributed by atoms with Crippen molar-refractivity contribution in [3.8, 4) is 0 Å². The van der Waals surface area contributed by atoms with Crippen molar-refractivity contribution < 1.29 is 23.8 Å². The average Bonchev–Trinajstić information content (AvgIpc) is 2.64. The van der Waals surface area contributed by atoms with Gasteiger partial charge in [0, 0.05) is 14.2 Å². The molecule has 0 amide bonds. The Labute approximate surface area is 136 Å². The highest BCUT2D eigenvalue weighted by Crippen LogP contribution is 2.63. The van der Waals surface area contributed by atoms with Crippen LogP contribution in [-0.2, 0) is 23.8 Å². The van der Waals surface area contributed by atoms with Gasteiger partial charge >= 0.3 is 5.97 Å². The van der Waals surface area contributed by atoms with Gasteiger partial charge in [-0.2, -0.15) is 0 Å². The molecule has 0 heterocycles. The maximum Gasteiger partial charge on any atom is 0.332 e. The van der Waals surface area contributed by atoms with Crippen molar-refractivity contribution in [1.82, 2.24) is 0 Å². The van der Waals surface area contributed by atoms with Crippen molar-refractivity contribution in [2.24, 2.45) is 0 Å². The summed E-state index contributed by atoms with van der Waals surface area (Å²) in [6.07, 6.45) is 0.732. The summed E-state index contributed by atoms with van der Waals surface area (Å²) in [5.74, 6) is -2.49. The molecule has 0 bridgehead atoms. The third kappa shape index (κ3) is 2.35. The standard InChI is InChI=1S/C13H22Cl2O5Si/c1-18-10(17)12(15)9(21(4,5)6)7-11(14,8-16)13(12,19-2)20-3/h8-9H,7H2,1-6H3/t9-,11+,12-/m0/s1. The van der Waals surface area contributed by atoms with Gasteiger partial charge in [0.05, 0.1) is 15.2 Å². The molecule has 0 saturated heterocycles. The molecule has 1 rings (SSSR count). The number of hydrogen-bond acceptors (Lipinski definition) is 5. The van der Waals surface area contributed by atoms with Crippen molar-refractivity contribution in [3.05, 3.63) is 0 Å². The normalized spacial score (nSPS) is 35.5. The first-order valence-corrected chi connectivity index (χ1v) is 10.9. The molecule has 1 aliphatic rings. The van der Waals surface area contributed by atoms with Crippen LogP contribution in [0.3, 0.4) is 0 Å². The van der Waals surface area contributed by atoms with Crippen LogP contribution in [-0.4, -0.2) is 57.2 Å². The molecule has 0 aromatic carbocycles. The SMILES string of the molecule is COC(=O)[C@@]1(Cl)[C@@H]([Si](C)(C)C)C[C@@](Cl)(C=O)C1(OC)OC. The largest absolute Gasteiger partial charge is 0.468 e. The summed E-state index contributed by atoms with van der Waals surface area (Å²) in [5.41, 5.74) is -0.360. The van der Waals surface area contributed by atoms with Crippen LogP contribution in [0.15, 0.2) is 0 Å². The lowest BCUT2D eigenvalue weighted by Gasteiger charge is -2.45. The lowest BCUT2D eigenvalue weighted by atomic mass is 9.94. The summed E-state index contributed by atoms with van der Waals surface area (Å²) in [5, 5.41) is 0. The zero-order chi connectivity index (χ0) is 16.7. The molecule has 21 heavy (non-hydrogen) atoms. The maximum absolute atomic E-state index is 12.5. The van der Waals surface area contributed by atoms with Gasteiger partial charge in [-0.05, 0) is 12.0 Å². The Morgan fingerprint density at radius 2 is 1.67 bits per heavy atom. The fourth-order valence-corrected chi connectivity index (χ4v) is 7.81. The predicted molar refractivity (Wildman–Crippen MR) is 83.7 cm³/mol. The van der Waals surface area contributed by atoms with E-state index in [0.29, 0.717) is 6.29 Å². The highest BCUT2D eigenvalue weighted by molar-refractivity contribution is 6.79. The maximum atomic E-state index is 12.5. The third-order valence-corrected chi connectivity index (χ3v) is 8.37. The summed E-state index contributed by atoms with van der Waals surface area (Å²) in [6, 6.07) is 0. The molecule has 0 radical (unpaired) electrons. The highest BCUT2D eigenvalue weighted by Gasteiger charge is 2.79. The minimum atomic E-state index is -2.00. The van der Waals surface area contributed by atoms with Crippen molar-refractivity contribution >= 4 is 43.5 Å². The molecule has 8 heteroatoms. The molecule has 3 atom stereocenters. The first-order valence-electron chi connectivity index (χ1n) is 6.53. The van der Waals surface area contributed by atoms with E-state index in [1.807, 2.05) is 19.6 Å². The van der Waals surface area contributed by atoms with E-state index in [1.165, 1.54) is 21.3 Å². The van der Waals surface area contributed by atoms with Gasteiger partial charge < -0.3 is 19.0 Å². The summed E-state index contributed by atoms with van der Waals surface area (Å²) < 4.78 is 15.7. The number of methoxy groups -OCH3 is 3. The summed E-state index contributed by atoms with van der Waals surface area (Å²) in [7, 11) is 1.87. The highest BCUT2D eigenvalue weighted by atomic mass is 35.5. The second-order valence-electron chi connectivity index (χ2n) is 6.33. The smallest absolute Gasteiger partial charge is 0.332 e. The Kier molecular flexibility index (Phi) is 5.23. The van der Waals surface area contributed by atoms with Crippen molar-refractivity contribution in [2.75, 3.05) is 21.3 Å². The van der Waals surface area contributed by atoms with Crippen LogP contribution in [0.25, 0.3) is 0 Å². The first kappa shape index (κ1) is 18.9. The third-order valence-electron chi connectivity index (χ3n) is 4.30. The quantitative estimate of drug-likeness (QED) is 0.249. The second-order valence-corrected chi connectivity index (χ2v) is 13.0. The van der Waals surface area contributed by atoms with E-state index in [9.17, 15) is 9.59 Å². The minimum absolute atomic E-state index is 0.189. The number of halogens is 2. The van der Waals surface area contributed by atoms with Crippen LogP contribution >= 0.6 is 23.2 Å². The monoisotopic (exact) mass is 356 g/mol. The van der Waals surface area contributed by atoms with E-state index in [-0.39, 0.29) is 12.0 Å². The Bertz CT molecular complexity index is 435. The zero-order valence-corrected chi connectivity index (χ0v) is 15.7. The van der Waals surface area contributed by atoms with Gasteiger partial charge in [-0.15, -0.1) is 23.2 Å². The number of alkyl halides is 2. The van der Waals surface area contributed by atoms with Gasteiger partial charge in [0.2, 0.25) is 5.79 Å². The second kappa shape index (κ2) is 5.81. The topological polar surface area (TPSA) is 61.8 Å². The van der Waals surface area contributed by atoms with Gasteiger partial charge in [0.25, 0.3) is 0 Å². The van der Waals surface area contributed by atoms with Gasteiger partial charge in [-0.25, -0.2) is 4.79 Å². The summed E-state index contributed by atoms with van der Waals surface area (Å²) in [6.45, 7) is 6.13. The fourth-order valence-electron chi connectivity index (χ4n) is 3.28. The molecule has 0 unspecified atom stereocenters. The molecule has 1 aliphatic carbocycles. The minimum Gasteiger partial charge on any atom is -0.468 e. The Morgan fingerprint density at radius 3 is 1.95 bits per heavy atom. The lowest BCUT2D eigenvalue weighted by Crippen LogP contribution is -2.65. The summed E-state index contributed by atoms with van der Waals surface area (Å²) >= 11 is 13.2. The molecule has 1 saturated carbocycles. The fraction of sp³-hybridized carbons (Fsp3) is 0.846. The van der Waals surface area contributed by atoms with Crippen LogP contribution in [0, 0.1) is 0 Å². The summed E-state index contributed by atoms with van der Waals surface area (Å²) in [4.78, 5) is 20.9. The molecule has 0 aromatic rings. The number of esters is 1. The molecule has 0 spiro atoms. The molecular weight excluding hydrogens is 335 g/mol. The van der Waals surface area contributed by atoms with E-state index >= 15 is 0 Å². The van der Waals surface area contributed by atoms with Crippen molar-refractivity contribution in [1.29, 1.82) is 0 Å². The van der Waals surface area contributed by atoms with E-state index in [0.717, 1.165) is 0 Å². The average molecular weight is 357 g/mol. The van der Waals surface area contributed by atoms with Gasteiger partial charge in [-0.1, -0.05) is 19.6 Å². The van der Waals surface area contributed by atoms with Crippen molar-refractivity contribution in [2.45, 2.75) is 47.1 Å². The Morgan fingerprint density at radius 1 is 1.19 bits per heavy atom. The molecule has 1 fully saturated rings. The number of hydrogen-bond donors (Lipinski definition) is 0. The van der Waals surface area contributed by atoms with Crippen LogP contribution < -0.4 is 0 Å². The molecule has 0 aliphatic heterocycles. The lowest BCUT2D eigenvalue weighted by molar-refractivity contribution is -0.234. The Balaban J connectivity index is 3.68. The van der Waals surface area contributed by atoms with Crippen molar-refractivity contribution in [3.63, 3.8) is 0 Å². The van der Waals surface area contributed by atoms with Gasteiger partial charge in [-0.3, -0.25) is 0 Å². The van der Waals surface area contributed by atoms with Crippen LogP contribution in [0.2, 0.25) is 25.2 Å². The number of rotatable bonds is 5. The van der Waals surface area contributed by atoms with Gasteiger partial charge in [0.15, 0.2) is 9.75 Å². The van der Waals surface area contributed by atoms with Crippen LogP contribution in [0.5, 0.6) is 0 Å². The molecular formula is C13H22Cl2O5Si. The molecule has 5 nitrogen and oxygen atoms in total. The number of carbonyl (C=O) groups excluding carboxylic acids is 2. The van der Waals surface area contributed by atoms with E-state index in [4.69, 9.17) is 37.4 Å². The van der Waals surface area contributed by atoms with Gasteiger partial charge in [0.1, 0.15) is 6.29 Å². The predicted octanol–water partition coefficient (Wildman–Crippen LogP) is 2.41. The molecule has 0 aromatic heterocycles. The number of carbonyl (C=O) groups is 2. The Hall–Kier alpha value is -0.143. The van der Waals surface area contributed by atoms with E-state index in [1.54, 1.807) is 0 Å². The van der Waals surface area contributed by atoms with E-state index in [2.05, 4.69) is 0 Å². The first-order chi connectivity index (χ1) is 9.50. The molecule has 122 valence electrons. The number of aldehydes is 1. The number of ether oxygens (including phenoxy) is 3. The van der Waals surface area contributed by atoms with Crippen LogP contribution in [0.4, 0.5) is 0 Å².